The van der Waals surface area contributed by atoms with Gasteiger partial charge >= 0.3 is 0 Å². The van der Waals surface area contributed by atoms with Crippen LogP contribution in [0.25, 0.3) is 6.08 Å². The summed E-state index contributed by atoms with van der Waals surface area (Å²) in [5.41, 5.74) is 9.70. The largest absolute Gasteiger partial charge is 0.440 e. The number of nitrogens with zero attached hydrogens (tertiary/aromatic N) is 1. The summed E-state index contributed by atoms with van der Waals surface area (Å²) >= 11 is 25.7. The Morgan fingerprint density at radius 2 is 1.57 bits per heavy atom. The molecule has 2 aliphatic rings. The first kappa shape index (κ1) is 21.2. The lowest BCUT2D eigenvalue weighted by Crippen LogP contribution is -2.24. The summed E-state index contributed by atoms with van der Waals surface area (Å²) in [5, 5.41) is 11.9. The topological polar surface area (TPSA) is 59.0 Å². The third-order valence-corrected chi connectivity index (χ3v) is 6.64. The molecule has 3 nitrogen and oxygen atoms in total. The molecule has 0 saturated carbocycles. The molecule has 1 heterocycles. The van der Waals surface area contributed by atoms with E-state index in [0.717, 1.165) is 30.4 Å². The Bertz CT molecular complexity index is 1130. The van der Waals surface area contributed by atoms with Gasteiger partial charge in [-0.3, -0.25) is 0 Å². The van der Waals surface area contributed by atoms with E-state index >= 15 is 0 Å². The van der Waals surface area contributed by atoms with Gasteiger partial charge in [0.2, 0.25) is 5.88 Å². The Morgan fingerprint density at radius 1 is 0.967 bits per heavy atom. The standard InChI is InChI=1S/C23H16Cl4N2O/c24-16-6-2-7-17(25)14(16)10-12-4-1-5-13-20(15(11-28)23(29)30-22(12)13)21-18(26)8-3-9-19(21)27/h2-3,6-10,20H,1,4-5,29H2/b12-10+. The molecule has 152 valence electrons. The average molecular weight is 478 g/mol. The van der Waals surface area contributed by atoms with Crippen molar-refractivity contribution in [3.8, 4) is 6.07 Å². The van der Waals surface area contributed by atoms with Crippen LogP contribution < -0.4 is 5.73 Å². The Morgan fingerprint density at radius 3 is 2.17 bits per heavy atom. The van der Waals surface area contributed by atoms with Gasteiger partial charge in [-0.1, -0.05) is 58.5 Å². The third-order valence-electron chi connectivity index (χ3n) is 5.32. The minimum absolute atomic E-state index is 0.0512. The minimum atomic E-state index is -0.467. The molecule has 1 unspecified atom stereocenters. The Labute approximate surface area is 194 Å². The van der Waals surface area contributed by atoms with Gasteiger partial charge in [0.15, 0.2) is 0 Å². The van der Waals surface area contributed by atoms with E-state index in [1.807, 2.05) is 6.08 Å². The van der Waals surface area contributed by atoms with Crippen molar-refractivity contribution in [2.24, 2.45) is 5.73 Å². The predicted octanol–water partition coefficient (Wildman–Crippen LogP) is 7.63. The fourth-order valence-corrected chi connectivity index (χ4v) is 5.10. The van der Waals surface area contributed by atoms with E-state index in [9.17, 15) is 5.26 Å². The van der Waals surface area contributed by atoms with Gasteiger partial charge in [-0.15, -0.1) is 0 Å². The van der Waals surface area contributed by atoms with Gasteiger partial charge in [-0.05, 0) is 60.8 Å². The SMILES string of the molecule is N#CC1=C(N)OC2=C(CCC/C2=C\c2c(Cl)cccc2Cl)C1c1c(Cl)cccc1Cl. The van der Waals surface area contributed by atoms with Crippen LogP contribution >= 0.6 is 46.4 Å². The number of benzene rings is 2. The van der Waals surface area contributed by atoms with E-state index in [4.69, 9.17) is 56.9 Å². The molecule has 0 aromatic heterocycles. The summed E-state index contributed by atoms with van der Waals surface area (Å²) in [4.78, 5) is 0. The fourth-order valence-electron chi connectivity index (χ4n) is 3.98. The van der Waals surface area contributed by atoms with Crippen LogP contribution in [0.15, 0.2) is 64.8 Å². The highest BCUT2D eigenvalue weighted by Gasteiger charge is 2.37. The Hall–Kier alpha value is -2.09. The first-order valence-electron chi connectivity index (χ1n) is 9.31. The Balaban J connectivity index is 1.92. The summed E-state index contributed by atoms with van der Waals surface area (Å²) in [6, 6.07) is 12.8. The highest BCUT2D eigenvalue weighted by Crippen LogP contribution is 2.50. The monoisotopic (exact) mass is 476 g/mol. The number of hydrogen-bond donors (Lipinski definition) is 1. The predicted molar refractivity (Wildman–Crippen MR) is 122 cm³/mol. The smallest absolute Gasteiger partial charge is 0.205 e. The highest BCUT2D eigenvalue weighted by atomic mass is 35.5. The first-order chi connectivity index (χ1) is 14.4. The van der Waals surface area contributed by atoms with Crippen LogP contribution in [0.1, 0.15) is 36.3 Å². The zero-order valence-corrected chi connectivity index (χ0v) is 18.7. The number of hydrogen-bond acceptors (Lipinski definition) is 3. The summed E-state index contributed by atoms with van der Waals surface area (Å²) in [7, 11) is 0. The second-order valence-corrected chi connectivity index (χ2v) is 8.70. The molecule has 0 saturated heterocycles. The van der Waals surface area contributed by atoms with Crippen molar-refractivity contribution < 1.29 is 4.74 Å². The van der Waals surface area contributed by atoms with Crippen molar-refractivity contribution in [3.05, 3.63) is 96.0 Å². The van der Waals surface area contributed by atoms with Crippen molar-refractivity contribution in [3.63, 3.8) is 0 Å². The van der Waals surface area contributed by atoms with E-state index in [2.05, 4.69) is 6.07 Å². The van der Waals surface area contributed by atoms with Crippen molar-refractivity contribution in [1.82, 2.24) is 0 Å². The molecular formula is C23H16Cl4N2O. The number of allylic oxidation sites excluding steroid dienone is 3. The molecule has 0 bridgehead atoms. The first-order valence-corrected chi connectivity index (χ1v) is 10.8. The number of nitriles is 1. The van der Waals surface area contributed by atoms with E-state index in [-0.39, 0.29) is 5.88 Å². The molecular weight excluding hydrogens is 462 g/mol. The van der Waals surface area contributed by atoms with Gasteiger partial charge in [0.05, 0.1) is 5.92 Å². The molecule has 7 heteroatoms. The molecule has 2 aromatic carbocycles. The number of rotatable bonds is 2. The summed E-state index contributed by atoms with van der Waals surface area (Å²) in [5.74, 6) is 0.218. The summed E-state index contributed by atoms with van der Waals surface area (Å²) in [6.07, 6.45) is 4.29. The van der Waals surface area contributed by atoms with Crippen LogP contribution in [-0.4, -0.2) is 0 Å². The van der Waals surface area contributed by atoms with Crippen molar-refractivity contribution in [1.29, 1.82) is 5.26 Å². The summed E-state index contributed by atoms with van der Waals surface area (Å²) < 4.78 is 5.96. The van der Waals surface area contributed by atoms with Gasteiger partial charge in [0.1, 0.15) is 17.4 Å². The maximum atomic E-state index is 9.81. The molecule has 30 heavy (non-hydrogen) atoms. The molecule has 1 aliphatic heterocycles. The van der Waals surface area contributed by atoms with Crippen LogP contribution in [0.5, 0.6) is 0 Å². The van der Waals surface area contributed by atoms with E-state index < -0.39 is 5.92 Å². The molecule has 4 rings (SSSR count). The van der Waals surface area contributed by atoms with Crippen LogP contribution in [0.4, 0.5) is 0 Å². The van der Waals surface area contributed by atoms with E-state index in [1.165, 1.54) is 0 Å². The van der Waals surface area contributed by atoms with Crippen LogP contribution in [-0.2, 0) is 4.74 Å². The van der Waals surface area contributed by atoms with E-state index in [1.54, 1.807) is 36.4 Å². The lowest BCUT2D eigenvalue weighted by molar-refractivity contribution is 0.277. The molecule has 2 aromatic rings. The molecule has 1 atom stereocenters. The Kier molecular flexibility index (Phi) is 6.04. The van der Waals surface area contributed by atoms with Crippen LogP contribution in [0.3, 0.4) is 0 Å². The fraction of sp³-hybridized carbons (Fsp3) is 0.174. The van der Waals surface area contributed by atoms with Gasteiger partial charge < -0.3 is 10.5 Å². The normalized spacial score (nSPS) is 20.1. The van der Waals surface area contributed by atoms with E-state index in [0.29, 0.717) is 42.5 Å². The second kappa shape index (κ2) is 8.57. The second-order valence-electron chi connectivity index (χ2n) is 7.07. The van der Waals surface area contributed by atoms with Crippen molar-refractivity contribution in [2.75, 3.05) is 0 Å². The van der Waals surface area contributed by atoms with Gasteiger partial charge in [-0.25, -0.2) is 0 Å². The number of nitrogens with two attached hydrogens (primary N) is 1. The molecule has 2 N–H and O–H groups in total. The van der Waals surface area contributed by atoms with Gasteiger partial charge in [0.25, 0.3) is 0 Å². The molecule has 0 amide bonds. The number of halogens is 4. The quantitative estimate of drug-likeness (QED) is 0.483. The summed E-state index contributed by atoms with van der Waals surface area (Å²) in [6.45, 7) is 0. The maximum absolute atomic E-state index is 9.81. The number of ether oxygens (including phenoxy) is 1. The molecule has 1 aliphatic carbocycles. The van der Waals surface area contributed by atoms with Gasteiger partial charge in [0, 0.05) is 31.2 Å². The third kappa shape index (κ3) is 3.70. The zero-order valence-electron chi connectivity index (χ0n) is 15.7. The molecule has 0 fully saturated rings. The van der Waals surface area contributed by atoms with Crippen LogP contribution in [0, 0.1) is 11.3 Å². The van der Waals surface area contributed by atoms with Crippen molar-refractivity contribution >= 4 is 52.5 Å². The highest BCUT2D eigenvalue weighted by molar-refractivity contribution is 6.37. The minimum Gasteiger partial charge on any atom is -0.440 e. The zero-order chi connectivity index (χ0) is 21.4. The maximum Gasteiger partial charge on any atom is 0.205 e. The molecule has 0 radical (unpaired) electrons. The molecule has 0 spiro atoms. The lowest BCUT2D eigenvalue weighted by Gasteiger charge is -2.34. The van der Waals surface area contributed by atoms with Gasteiger partial charge in [-0.2, -0.15) is 5.26 Å². The lowest BCUT2D eigenvalue weighted by atomic mass is 9.77. The van der Waals surface area contributed by atoms with Crippen LogP contribution in [0.2, 0.25) is 20.1 Å². The van der Waals surface area contributed by atoms with Crippen molar-refractivity contribution in [2.45, 2.75) is 25.2 Å². The average Bonchev–Trinajstić information content (AvgIpc) is 2.71.